The molecule has 44 heavy (non-hydrogen) atoms. The van der Waals surface area contributed by atoms with Gasteiger partial charge in [0.25, 0.3) is 10.0 Å². The average Bonchev–Trinajstić information content (AvgIpc) is 3.03. The molecule has 0 saturated heterocycles. The minimum Gasteiger partial charge on any atom is -0.481 e. The lowest BCUT2D eigenvalue weighted by Crippen LogP contribution is -2.38. The first-order valence-electron chi connectivity index (χ1n) is 14.3. The molecule has 1 heterocycles. The van der Waals surface area contributed by atoms with Crippen LogP contribution in [0.15, 0.2) is 114 Å². The maximum atomic E-state index is 14.6. The quantitative estimate of drug-likeness (QED) is 0.192. The molecule has 0 spiro atoms. The molecule has 5 aromatic rings. The Kier molecular flexibility index (Phi) is 9.01. The number of hydrogen-bond donors (Lipinski definition) is 1. The molecule has 0 saturated carbocycles. The molecule has 0 aliphatic rings. The Morgan fingerprint density at radius 2 is 1.57 bits per heavy atom. The van der Waals surface area contributed by atoms with Crippen LogP contribution in [0.3, 0.4) is 0 Å². The highest BCUT2D eigenvalue weighted by Crippen LogP contribution is 2.47. The van der Waals surface area contributed by atoms with Crippen LogP contribution in [0.4, 0.5) is 10.1 Å². The van der Waals surface area contributed by atoms with Gasteiger partial charge in [0.05, 0.1) is 23.2 Å². The Morgan fingerprint density at radius 1 is 0.886 bits per heavy atom. The third-order valence-corrected chi connectivity index (χ3v) is 9.74. The number of ether oxygens (including phenoxy) is 1. The zero-order chi connectivity index (χ0) is 31.5. The second kappa shape index (κ2) is 12.7. The second-order valence-electron chi connectivity index (χ2n) is 11.1. The van der Waals surface area contributed by atoms with Crippen molar-refractivity contribution >= 4 is 26.6 Å². The molecule has 228 valence electrons. The van der Waals surface area contributed by atoms with Gasteiger partial charge in [0.2, 0.25) is 5.88 Å². The van der Waals surface area contributed by atoms with Crippen LogP contribution in [0.25, 0.3) is 10.9 Å². The van der Waals surface area contributed by atoms with Gasteiger partial charge >= 0.3 is 0 Å². The maximum absolute atomic E-state index is 14.6. The number of hydrogen-bond acceptors (Lipinski definition) is 6. The van der Waals surface area contributed by atoms with E-state index in [2.05, 4.69) is 0 Å². The molecule has 5 rings (SSSR count). The van der Waals surface area contributed by atoms with Gasteiger partial charge in [-0.15, -0.1) is 0 Å². The zero-order valence-corrected chi connectivity index (χ0v) is 26.0. The molecule has 1 N–H and O–H groups in total. The lowest BCUT2D eigenvalue weighted by molar-refractivity contribution is 0.00354. The van der Waals surface area contributed by atoms with Crippen LogP contribution < -0.4 is 9.04 Å². The van der Waals surface area contributed by atoms with Crippen molar-refractivity contribution in [2.75, 3.05) is 39.1 Å². The van der Waals surface area contributed by atoms with Crippen LogP contribution in [0.5, 0.6) is 5.88 Å². The van der Waals surface area contributed by atoms with E-state index in [0.717, 1.165) is 5.56 Å². The monoisotopic (exact) mass is 613 g/mol. The molecular weight excluding hydrogens is 577 g/mol. The van der Waals surface area contributed by atoms with E-state index in [1.165, 1.54) is 30.6 Å². The summed E-state index contributed by atoms with van der Waals surface area (Å²) < 4.78 is 48.5. The van der Waals surface area contributed by atoms with E-state index in [4.69, 9.17) is 9.72 Å². The predicted molar refractivity (Wildman–Crippen MR) is 172 cm³/mol. The molecule has 0 aliphatic carbocycles. The van der Waals surface area contributed by atoms with Crippen molar-refractivity contribution in [1.29, 1.82) is 0 Å². The molecule has 0 unspecified atom stereocenters. The van der Waals surface area contributed by atoms with Crippen molar-refractivity contribution in [3.05, 3.63) is 132 Å². The number of benzene rings is 4. The van der Waals surface area contributed by atoms with Crippen LogP contribution in [-0.2, 0) is 15.6 Å². The van der Waals surface area contributed by atoms with Crippen molar-refractivity contribution in [3.63, 3.8) is 0 Å². The van der Waals surface area contributed by atoms with Crippen molar-refractivity contribution in [3.8, 4) is 5.88 Å². The van der Waals surface area contributed by atoms with Gasteiger partial charge in [0.15, 0.2) is 0 Å². The largest absolute Gasteiger partial charge is 0.481 e. The predicted octanol–water partition coefficient (Wildman–Crippen LogP) is 6.18. The van der Waals surface area contributed by atoms with Gasteiger partial charge in [0.1, 0.15) is 11.4 Å². The minimum atomic E-state index is -3.81. The average molecular weight is 614 g/mol. The first-order chi connectivity index (χ1) is 21.0. The lowest BCUT2D eigenvalue weighted by Gasteiger charge is -2.39. The van der Waals surface area contributed by atoms with E-state index in [1.54, 1.807) is 60.7 Å². The third kappa shape index (κ3) is 6.17. The summed E-state index contributed by atoms with van der Waals surface area (Å²) in [5.41, 5.74) is 1.27. The van der Waals surface area contributed by atoms with Gasteiger partial charge in [-0.3, -0.25) is 4.31 Å². The van der Waals surface area contributed by atoms with Crippen molar-refractivity contribution in [2.45, 2.75) is 22.8 Å². The first kappa shape index (κ1) is 31.1. The highest BCUT2D eigenvalue weighted by Gasteiger charge is 2.42. The summed E-state index contributed by atoms with van der Waals surface area (Å²) in [5.74, 6) is -0.857. The minimum absolute atomic E-state index is 0.182. The molecule has 9 heteroatoms. The van der Waals surface area contributed by atoms with Crippen LogP contribution in [0, 0.1) is 5.82 Å². The van der Waals surface area contributed by atoms with E-state index < -0.39 is 27.4 Å². The normalized spacial score (nSPS) is 13.9. The van der Waals surface area contributed by atoms with E-state index in [-0.39, 0.29) is 11.3 Å². The molecule has 4 aromatic carbocycles. The molecule has 0 amide bonds. The van der Waals surface area contributed by atoms with E-state index in [1.807, 2.05) is 55.4 Å². The van der Waals surface area contributed by atoms with E-state index in [0.29, 0.717) is 40.1 Å². The Hall–Kier alpha value is -4.31. The summed E-state index contributed by atoms with van der Waals surface area (Å²) in [6, 6.07) is 30.9. The number of methoxy groups -OCH3 is 1. The summed E-state index contributed by atoms with van der Waals surface area (Å²) in [6.07, 6.45) is 0.280. The Bertz CT molecular complexity index is 1850. The van der Waals surface area contributed by atoms with Crippen LogP contribution in [-0.4, -0.2) is 58.2 Å². The van der Waals surface area contributed by atoms with Gasteiger partial charge in [0, 0.05) is 30.5 Å². The third-order valence-electron chi connectivity index (χ3n) is 7.94. The smallest absolute Gasteiger partial charge is 0.264 e. The number of aliphatic hydroxyl groups is 1. The van der Waals surface area contributed by atoms with Gasteiger partial charge < -0.3 is 14.7 Å². The number of aromatic nitrogens is 1. The number of rotatable bonds is 11. The fourth-order valence-corrected chi connectivity index (χ4v) is 6.79. The number of anilines is 1. The molecule has 0 radical (unpaired) electrons. The van der Waals surface area contributed by atoms with E-state index in [9.17, 15) is 17.9 Å². The Morgan fingerprint density at radius 3 is 2.20 bits per heavy atom. The molecular formula is C35H36FN3O4S. The fraction of sp³-hybridized carbons (Fsp3) is 0.229. The SMILES string of the molecule is COc1nc2ccc(N(C)S(=O)(=O)c3ccccc3)cc2cc1[C@@H](c1ccccc1)[C@@](O)(CCN(C)C)c1cccc(F)c1. The lowest BCUT2D eigenvalue weighted by atomic mass is 9.71. The summed E-state index contributed by atoms with van der Waals surface area (Å²) in [5, 5.41) is 13.4. The van der Waals surface area contributed by atoms with Crippen molar-refractivity contribution < 1.29 is 22.7 Å². The van der Waals surface area contributed by atoms with E-state index >= 15 is 0 Å². The first-order valence-corrected chi connectivity index (χ1v) is 15.7. The highest BCUT2D eigenvalue weighted by molar-refractivity contribution is 7.92. The topological polar surface area (TPSA) is 83.0 Å². The summed E-state index contributed by atoms with van der Waals surface area (Å²) in [7, 11) is 3.06. The number of nitrogens with zero attached hydrogens (tertiary/aromatic N) is 3. The van der Waals surface area contributed by atoms with Crippen molar-refractivity contribution in [2.24, 2.45) is 0 Å². The number of fused-ring (bicyclic) bond motifs is 1. The molecule has 0 aliphatic heterocycles. The molecule has 1 aromatic heterocycles. The van der Waals surface area contributed by atoms with Gasteiger partial charge in [-0.2, -0.15) is 0 Å². The maximum Gasteiger partial charge on any atom is 0.264 e. The number of sulfonamides is 1. The molecule has 7 nitrogen and oxygen atoms in total. The summed E-state index contributed by atoms with van der Waals surface area (Å²) in [4.78, 5) is 6.95. The molecule has 2 atom stereocenters. The van der Waals surface area contributed by atoms with Gasteiger partial charge in [-0.25, -0.2) is 17.8 Å². The second-order valence-corrected chi connectivity index (χ2v) is 13.1. The van der Waals surface area contributed by atoms with Gasteiger partial charge in [-0.1, -0.05) is 60.7 Å². The Labute approximate surface area is 258 Å². The Balaban J connectivity index is 1.72. The van der Waals surface area contributed by atoms with Crippen LogP contribution in [0.2, 0.25) is 0 Å². The van der Waals surface area contributed by atoms with Gasteiger partial charge in [-0.05, 0) is 80.2 Å². The standard InChI is InChI=1S/C35H36FN3O4S/c1-38(2)21-20-35(40,27-14-11-15-28(36)24-27)33(25-12-7-5-8-13-25)31-23-26-22-29(18-19-32(26)37-34(31)43-4)39(3)44(41,42)30-16-9-6-10-17-30/h5-19,22-24,33,40H,20-21H2,1-4H3/t33-,35-/m1/s1. The number of pyridine rings is 1. The van der Waals surface area contributed by atoms with Crippen LogP contribution >= 0.6 is 0 Å². The zero-order valence-electron chi connectivity index (χ0n) is 25.2. The van der Waals surface area contributed by atoms with Crippen LogP contribution in [0.1, 0.15) is 29.0 Å². The number of halogens is 1. The molecule has 0 fully saturated rings. The summed E-state index contributed by atoms with van der Waals surface area (Å²) >= 11 is 0. The molecule has 0 bridgehead atoms. The highest BCUT2D eigenvalue weighted by atomic mass is 32.2. The fourth-order valence-electron chi connectivity index (χ4n) is 5.58. The summed E-state index contributed by atoms with van der Waals surface area (Å²) in [6.45, 7) is 0.520. The van der Waals surface area contributed by atoms with Crippen molar-refractivity contribution in [1.82, 2.24) is 9.88 Å².